The molecular formula is C11H21N3O3. The first-order valence-electron chi connectivity index (χ1n) is 5.81. The van der Waals surface area contributed by atoms with Crippen molar-refractivity contribution in [2.75, 3.05) is 19.8 Å². The largest absolute Gasteiger partial charge is 0.378 e. The van der Waals surface area contributed by atoms with Crippen LogP contribution in [0.2, 0.25) is 0 Å². The average molecular weight is 243 g/mol. The van der Waals surface area contributed by atoms with Gasteiger partial charge in [0.05, 0.1) is 13.2 Å². The van der Waals surface area contributed by atoms with Crippen LogP contribution in [0.25, 0.3) is 0 Å². The van der Waals surface area contributed by atoms with Crippen LogP contribution in [-0.2, 0) is 14.3 Å². The van der Waals surface area contributed by atoms with Gasteiger partial charge in [-0.1, -0.05) is 13.8 Å². The molecule has 0 aliphatic carbocycles. The van der Waals surface area contributed by atoms with Crippen molar-refractivity contribution in [1.29, 1.82) is 0 Å². The first-order valence-corrected chi connectivity index (χ1v) is 5.81. The molecule has 1 rings (SSSR count). The van der Waals surface area contributed by atoms with E-state index in [4.69, 9.17) is 10.5 Å². The van der Waals surface area contributed by atoms with Gasteiger partial charge in [-0.2, -0.15) is 0 Å². The smallest absolute Gasteiger partial charge is 0.243 e. The molecule has 2 unspecified atom stereocenters. The first kappa shape index (κ1) is 13.9. The van der Waals surface area contributed by atoms with Crippen molar-refractivity contribution in [2.24, 2.45) is 11.7 Å². The lowest BCUT2D eigenvalue weighted by molar-refractivity contribution is -0.135. The molecular weight excluding hydrogens is 222 g/mol. The second-order valence-electron chi connectivity index (χ2n) is 4.79. The van der Waals surface area contributed by atoms with Gasteiger partial charge in [0.15, 0.2) is 0 Å². The molecule has 0 bridgehead atoms. The third-order valence-corrected chi connectivity index (χ3v) is 3.29. The van der Waals surface area contributed by atoms with E-state index in [1.807, 2.05) is 13.8 Å². The van der Waals surface area contributed by atoms with Crippen molar-refractivity contribution in [3.05, 3.63) is 0 Å². The van der Waals surface area contributed by atoms with Crippen molar-refractivity contribution >= 4 is 11.8 Å². The number of carbonyl (C=O) groups excluding carboxylic acids is 2. The highest BCUT2D eigenvalue weighted by Gasteiger charge is 2.38. The number of nitrogens with one attached hydrogen (secondary N) is 2. The van der Waals surface area contributed by atoms with Gasteiger partial charge in [0.2, 0.25) is 11.8 Å². The van der Waals surface area contributed by atoms with Crippen LogP contribution in [0, 0.1) is 5.92 Å². The predicted molar refractivity (Wildman–Crippen MR) is 63.2 cm³/mol. The summed E-state index contributed by atoms with van der Waals surface area (Å²) < 4.78 is 5.20. The van der Waals surface area contributed by atoms with Crippen LogP contribution in [0.15, 0.2) is 0 Å². The molecule has 6 heteroatoms. The Morgan fingerprint density at radius 2 is 2.18 bits per heavy atom. The fourth-order valence-electron chi connectivity index (χ4n) is 1.57. The second-order valence-corrected chi connectivity index (χ2v) is 4.79. The molecule has 0 spiro atoms. The zero-order valence-electron chi connectivity index (χ0n) is 10.6. The van der Waals surface area contributed by atoms with Crippen LogP contribution in [0.3, 0.4) is 0 Å². The average Bonchev–Trinajstić information content (AvgIpc) is 2.29. The molecule has 17 heavy (non-hydrogen) atoms. The highest BCUT2D eigenvalue weighted by molar-refractivity contribution is 5.92. The van der Waals surface area contributed by atoms with Gasteiger partial charge in [-0.3, -0.25) is 9.59 Å². The molecule has 1 aliphatic rings. The molecule has 0 aromatic rings. The third-order valence-electron chi connectivity index (χ3n) is 3.29. The molecule has 0 saturated carbocycles. The Morgan fingerprint density at radius 1 is 1.53 bits per heavy atom. The summed E-state index contributed by atoms with van der Waals surface area (Å²) in [6, 6.07) is -0.416. The topological polar surface area (TPSA) is 93.4 Å². The number of ether oxygens (including phenoxy) is 1. The third kappa shape index (κ3) is 3.17. The number of hydrogen-bond donors (Lipinski definition) is 3. The minimum Gasteiger partial charge on any atom is -0.378 e. The van der Waals surface area contributed by atoms with Gasteiger partial charge < -0.3 is 21.1 Å². The summed E-state index contributed by atoms with van der Waals surface area (Å²) in [6.07, 6.45) is 0. The van der Waals surface area contributed by atoms with E-state index >= 15 is 0 Å². The molecule has 0 radical (unpaired) electrons. The van der Waals surface area contributed by atoms with E-state index in [1.165, 1.54) is 0 Å². The van der Waals surface area contributed by atoms with Gasteiger partial charge >= 0.3 is 0 Å². The van der Waals surface area contributed by atoms with Gasteiger partial charge in [-0.25, -0.2) is 0 Å². The van der Waals surface area contributed by atoms with Crippen molar-refractivity contribution in [3.8, 4) is 0 Å². The maximum atomic E-state index is 12.0. The summed E-state index contributed by atoms with van der Waals surface area (Å²) in [5.74, 6) is -0.856. The summed E-state index contributed by atoms with van der Waals surface area (Å²) in [5.41, 5.74) is 4.31. The quantitative estimate of drug-likeness (QED) is 0.590. The van der Waals surface area contributed by atoms with E-state index in [2.05, 4.69) is 10.6 Å². The SMILES string of the molecule is CC(C)C(C)(NC(=O)C1COCCN1)C(N)=O. The van der Waals surface area contributed by atoms with Gasteiger partial charge in [-0.05, 0) is 12.8 Å². The minimum absolute atomic E-state index is 0.0755. The van der Waals surface area contributed by atoms with Gasteiger partial charge in [0.25, 0.3) is 0 Å². The fraction of sp³-hybridized carbons (Fsp3) is 0.818. The molecule has 0 aromatic carbocycles. The van der Waals surface area contributed by atoms with E-state index in [9.17, 15) is 9.59 Å². The zero-order valence-corrected chi connectivity index (χ0v) is 10.6. The molecule has 98 valence electrons. The molecule has 2 amide bonds. The number of hydrogen-bond acceptors (Lipinski definition) is 4. The highest BCUT2D eigenvalue weighted by Crippen LogP contribution is 2.16. The van der Waals surface area contributed by atoms with Crippen LogP contribution in [-0.4, -0.2) is 43.2 Å². The molecule has 0 aromatic heterocycles. The summed E-state index contributed by atoms with van der Waals surface area (Å²) in [6.45, 7) is 6.88. The molecule has 1 fully saturated rings. The van der Waals surface area contributed by atoms with Crippen molar-refractivity contribution in [2.45, 2.75) is 32.4 Å². The van der Waals surface area contributed by atoms with Crippen LogP contribution < -0.4 is 16.4 Å². The molecule has 4 N–H and O–H groups in total. The predicted octanol–water partition coefficient (Wildman–Crippen LogP) is -1.01. The normalized spacial score (nSPS) is 24.1. The Hall–Kier alpha value is -1.14. The number of nitrogens with two attached hydrogens (primary N) is 1. The maximum absolute atomic E-state index is 12.0. The van der Waals surface area contributed by atoms with E-state index in [-0.39, 0.29) is 11.8 Å². The van der Waals surface area contributed by atoms with E-state index < -0.39 is 17.5 Å². The van der Waals surface area contributed by atoms with E-state index in [1.54, 1.807) is 6.92 Å². The van der Waals surface area contributed by atoms with Crippen molar-refractivity contribution in [3.63, 3.8) is 0 Å². The lowest BCUT2D eigenvalue weighted by atomic mass is 9.87. The Balaban J connectivity index is 2.67. The zero-order chi connectivity index (χ0) is 13.1. The number of amides is 2. The van der Waals surface area contributed by atoms with Crippen LogP contribution in [0.5, 0.6) is 0 Å². The molecule has 6 nitrogen and oxygen atoms in total. The van der Waals surface area contributed by atoms with E-state index in [0.717, 1.165) is 0 Å². The minimum atomic E-state index is -1.03. The molecule has 1 saturated heterocycles. The fourth-order valence-corrected chi connectivity index (χ4v) is 1.57. The number of morpholine rings is 1. The Bertz CT molecular complexity index is 300. The lowest BCUT2D eigenvalue weighted by Crippen LogP contribution is -2.63. The monoisotopic (exact) mass is 243 g/mol. The first-order chi connectivity index (χ1) is 7.88. The second kappa shape index (κ2) is 5.46. The highest BCUT2D eigenvalue weighted by atomic mass is 16.5. The van der Waals surface area contributed by atoms with Crippen LogP contribution in [0.4, 0.5) is 0 Å². The molecule has 1 aliphatic heterocycles. The van der Waals surface area contributed by atoms with Crippen LogP contribution >= 0.6 is 0 Å². The lowest BCUT2D eigenvalue weighted by Gasteiger charge is -2.34. The number of primary amides is 1. The summed E-state index contributed by atoms with van der Waals surface area (Å²) in [4.78, 5) is 23.4. The molecule has 2 atom stereocenters. The summed E-state index contributed by atoms with van der Waals surface area (Å²) >= 11 is 0. The molecule has 1 heterocycles. The van der Waals surface area contributed by atoms with Crippen LogP contribution in [0.1, 0.15) is 20.8 Å². The Labute approximate surface area is 101 Å². The van der Waals surface area contributed by atoms with Crippen molar-refractivity contribution < 1.29 is 14.3 Å². The van der Waals surface area contributed by atoms with Crippen molar-refractivity contribution in [1.82, 2.24) is 10.6 Å². The number of rotatable bonds is 4. The summed E-state index contributed by atoms with van der Waals surface area (Å²) in [7, 11) is 0. The maximum Gasteiger partial charge on any atom is 0.243 e. The Morgan fingerprint density at radius 3 is 2.59 bits per heavy atom. The van der Waals surface area contributed by atoms with Gasteiger partial charge in [0, 0.05) is 6.54 Å². The van der Waals surface area contributed by atoms with Gasteiger partial charge in [-0.15, -0.1) is 0 Å². The Kier molecular flexibility index (Phi) is 4.47. The number of carbonyl (C=O) groups is 2. The van der Waals surface area contributed by atoms with Gasteiger partial charge in [0.1, 0.15) is 11.6 Å². The standard InChI is InChI=1S/C11H21N3O3/c1-7(2)11(3,10(12)16)14-9(15)8-6-17-5-4-13-8/h7-8,13H,4-6H2,1-3H3,(H2,12,16)(H,14,15). The summed E-state index contributed by atoms with van der Waals surface area (Å²) in [5, 5.41) is 5.74. The van der Waals surface area contributed by atoms with E-state index in [0.29, 0.717) is 19.8 Å².